The minimum absolute atomic E-state index is 0.119. The lowest BCUT2D eigenvalue weighted by Crippen LogP contribution is -2.21. The van der Waals surface area contributed by atoms with Gasteiger partial charge in [-0.05, 0) is 12.1 Å². The molecule has 0 heterocycles. The van der Waals surface area contributed by atoms with Crippen molar-refractivity contribution in [3.05, 3.63) is 70.2 Å². The van der Waals surface area contributed by atoms with E-state index in [1.54, 1.807) is 0 Å². The van der Waals surface area contributed by atoms with Crippen LogP contribution in [0, 0.1) is 0 Å². The second kappa shape index (κ2) is 7.22. The van der Waals surface area contributed by atoms with E-state index in [1.165, 1.54) is 0 Å². The fourth-order valence-electron chi connectivity index (χ4n) is 1.65. The van der Waals surface area contributed by atoms with E-state index in [0.717, 1.165) is 15.6 Å². The van der Waals surface area contributed by atoms with Crippen LogP contribution in [0.2, 0.25) is 0 Å². The third-order valence-corrected chi connectivity index (χ3v) is 3.35. The quantitative estimate of drug-likeness (QED) is 0.511. The number of carbonyl (C=O) groups excluding carboxylic acids is 1. The van der Waals surface area contributed by atoms with Crippen LogP contribution in [0.25, 0.3) is 0 Å². The van der Waals surface area contributed by atoms with Crippen LogP contribution in [-0.2, 0) is 4.79 Å². The summed E-state index contributed by atoms with van der Waals surface area (Å²) in [4.78, 5) is 11.3. The van der Waals surface area contributed by atoms with Gasteiger partial charge in [-0.1, -0.05) is 58.4 Å². The lowest BCUT2D eigenvalue weighted by molar-refractivity contribution is -0.118. The molecule has 0 saturated heterocycles. The number of hydrogen-bond acceptors (Lipinski definition) is 2. The number of amides is 1. The predicted octanol–water partition coefficient (Wildman–Crippen LogP) is 3.56. The Kier molecular flexibility index (Phi) is 5.32. The van der Waals surface area contributed by atoms with Gasteiger partial charge < -0.3 is 0 Å². The largest absolute Gasteiger partial charge is 0.272 e. The minimum atomic E-state index is -0.336. The Balaban J connectivity index is 2.39. The lowest BCUT2D eigenvalue weighted by atomic mass is 10.0. The number of hydrazone groups is 1. The Bertz CT molecular complexity index is 612. The fraction of sp³-hybridized carbons (Fsp3) is 0.0667. The third kappa shape index (κ3) is 3.92. The van der Waals surface area contributed by atoms with Gasteiger partial charge in [-0.3, -0.25) is 4.79 Å². The maximum Gasteiger partial charge on any atom is 0.254 e. The second-order valence-electron chi connectivity index (χ2n) is 4.00. The maximum atomic E-state index is 11.3. The van der Waals surface area contributed by atoms with E-state index in [-0.39, 0.29) is 11.8 Å². The van der Waals surface area contributed by atoms with Gasteiger partial charge in [0, 0.05) is 15.6 Å². The van der Waals surface area contributed by atoms with Crippen LogP contribution >= 0.6 is 27.5 Å². The molecule has 2 aromatic rings. The summed E-state index contributed by atoms with van der Waals surface area (Å²) in [6, 6.07) is 17.4. The highest BCUT2D eigenvalue weighted by molar-refractivity contribution is 9.10. The monoisotopic (exact) mass is 350 g/mol. The molecule has 0 atom stereocenters. The van der Waals surface area contributed by atoms with Crippen molar-refractivity contribution >= 4 is 39.1 Å². The Morgan fingerprint density at radius 2 is 1.65 bits per heavy atom. The van der Waals surface area contributed by atoms with Crippen molar-refractivity contribution in [3.8, 4) is 0 Å². The molecule has 1 N–H and O–H groups in total. The summed E-state index contributed by atoms with van der Waals surface area (Å²) in [6.07, 6.45) is 0. The average Bonchev–Trinajstić information content (AvgIpc) is 2.50. The Morgan fingerprint density at radius 1 is 1.05 bits per heavy atom. The van der Waals surface area contributed by atoms with Gasteiger partial charge in [-0.25, -0.2) is 5.43 Å². The number of nitrogens with zero attached hydrogens (tertiary/aromatic N) is 1. The van der Waals surface area contributed by atoms with Gasteiger partial charge in [0.15, 0.2) is 0 Å². The van der Waals surface area contributed by atoms with Gasteiger partial charge in [0.05, 0.1) is 5.71 Å². The first-order valence-electron chi connectivity index (χ1n) is 5.94. The molecule has 0 bridgehead atoms. The maximum absolute atomic E-state index is 11.3. The van der Waals surface area contributed by atoms with Crippen LogP contribution in [-0.4, -0.2) is 17.5 Å². The van der Waals surface area contributed by atoms with Crippen LogP contribution in [0.15, 0.2) is 64.2 Å². The van der Waals surface area contributed by atoms with Crippen molar-refractivity contribution in [2.75, 3.05) is 5.88 Å². The zero-order chi connectivity index (χ0) is 14.4. The molecule has 2 rings (SSSR count). The third-order valence-electron chi connectivity index (χ3n) is 2.58. The van der Waals surface area contributed by atoms with E-state index in [9.17, 15) is 4.79 Å². The second-order valence-corrected chi connectivity index (χ2v) is 5.18. The molecule has 0 aliphatic heterocycles. The summed E-state index contributed by atoms with van der Waals surface area (Å²) in [7, 11) is 0. The number of halogens is 2. The molecule has 5 heteroatoms. The van der Waals surface area contributed by atoms with Gasteiger partial charge in [-0.2, -0.15) is 5.10 Å². The standard InChI is InChI=1S/C15H12BrClN2O/c16-13-8-6-12(7-9-13)15(19-18-14(20)10-17)11-4-2-1-3-5-11/h1-9H,10H2,(H,18,20). The Morgan fingerprint density at radius 3 is 2.25 bits per heavy atom. The summed E-state index contributed by atoms with van der Waals surface area (Å²) in [5.41, 5.74) is 4.97. The van der Waals surface area contributed by atoms with E-state index >= 15 is 0 Å². The molecule has 102 valence electrons. The first-order chi connectivity index (χ1) is 9.70. The van der Waals surface area contributed by atoms with Crippen molar-refractivity contribution in [2.24, 2.45) is 5.10 Å². The summed E-state index contributed by atoms with van der Waals surface area (Å²) in [5, 5.41) is 4.18. The number of benzene rings is 2. The van der Waals surface area contributed by atoms with E-state index in [4.69, 9.17) is 11.6 Å². The molecule has 0 aliphatic carbocycles. The van der Waals surface area contributed by atoms with E-state index in [2.05, 4.69) is 26.5 Å². The van der Waals surface area contributed by atoms with Crippen molar-refractivity contribution in [3.63, 3.8) is 0 Å². The highest BCUT2D eigenvalue weighted by Gasteiger charge is 2.07. The number of carbonyl (C=O) groups is 1. The minimum Gasteiger partial charge on any atom is -0.272 e. The molecule has 0 radical (unpaired) electrons. The van der Waals surface area contributed by atoms with Crippen LogP contribution in [0.3, 0.4) is 0 Å². The molecule has 0 spiro atoms. The predicted molar refractivity (Wildman–Crippen MR) is 85.1 cm³/mol. The number of rotatable bonds is 4. The van der Waals surface area contributed by atoms with Gasteiger partial charge in [-0.15, -0.1) is 11.6 Å². The molecule has 0 unspecified atom stereocenters. The Labute approximate surface area is 130 Å². The highest BCUT2D eigenvalue weighted by atomic mass is 79.9. The highest BCUT2D eigenvalue weighted by Crippen LogP contribution is 2.15. The first kappa shape index (κ1) is 14.8. The zero-order valence-electron chi connectivity index (χ0n) is 10.5. The van der Waals surface area contributed by atoms with E-state index in [1.807, 2.05) is 54.6 Å². The van der Waals surface area contributed by atoms with E-state index in [0.29, 0.717) is 5.71 Å². The van der Waals surface area contributed by atoms with Crippen molar-refractivity contribution in [1.29, 1.82) is 0 Å². The topological polar surface area (TPSA) is 41.5 Å². The van der Waals surface area contributed by atoms with Crippen molar-refractivity contribution < 1.29 is 4.79 Å². The molecule has 0 aliphatic rings. The molecule has 3 nitrogen and oxygen atoms in total. The smallest absolute Gasteiger partial charge is 0.254 e. The van der Waals surface area contributed by atoms with Crippen LogP contribution in [0.1, 0.15) is 11.1 Å². The van der Waals surface area contributed by atoms with Crippen LogP contribution < -0.4 is 5.43 Å². The van der Waals surface area contributed by atoms with E-state index < -0.39 is 0 Å². The summed E-state index contributed by atoms with van der Waals surface area (Å²) < 4.78 is 0.985. The molecular formula is C15H12BrClN2O. The van der Waals surface area contributed by atoms with Crippen molar-refractivity contribution in [2.45, 2.75) is 0 Å². The first-order valence-corrected chi connectivity index (χ1v) is 7.27. The zero-order valence-corrected chi connectivity index (χ0v) is 12.9. The molecule has 0 saturated carbocycles. The summed E-state index contributed by atoms with van der Waals surface area (Å²) in [6.45, 7) is 0. The molecule has 20 heavy (non-hydrogen) atoms. The summed E-state index contributed by atoms with van der Waals surface area (Å²) >= 11 is 8.86. The van der Waals surface area contributed by atoms with Crippen LogP contribution in [0.5, 0.6) is 0 Å². The van der Waals surface area contributed by atoms with Gasteiger partial charge in [0.1, 0.15) is 5.88 Å². The molecular weight excluding hydrogens is 340 g/mol. The summed E-state index contributed by atoms with van der Waals surface area (Å²) in [5.74, 6) is -0.455. The van der Waals surface area contributed by atoms with Gasteiger partial charge >= 0.3 is 0 Å². The lowest BCUT2D eigenvalue weighted by Gasteiger charge is -2.07. The number of hydrogen-bond donors (Lipinski definition) is 1. The number of alkyl halides is 1. The van der Waals surface area contributed by atoms with Gasteiger partial charge in [0.25, 0.3) is 5.91 Å². The molecule has 1 amide bonds. The normalized spacial score (nSPS) is 11.2. The average molecular weight is 352 g/mol. The van der Waals surface area contributed by atoms with Crippen LogP contribution in [0.4, 0.5) is 0 Å². The Hall–Kier alpha value is -1.65. The van der Waals surface area contributed by atoms with Gasteiger partial charge in [0.2, 0.25) is 0 Å². The molecule has 0 aromatic heterocycles. The van der Waals surface area contributed by atoms with Crippen molar-refractivity contribution in [1.82, 2.24) is 5.43 Å². The SMILES string of the molecule is O=C(CCl)NN=C(c1ccccc1)c1ccc(Br)cc1. The fourth-order valence-corrected chi connectivity index (χ4v) is 1.97. The molecule has 0 fully saturated rings. The molecule has 2 aromatic carbocycles. The number of nitrogens with one attached hydrogen (secondary N) is 1.